The van der Waals surface area contributed by atoms with Crippen molar-refractivity contribution in [2.45, 2.75) is 37.4 Å². The number of carbonyl (C=O) groups excluding carboxylic acids is 1. The van der Waals surface area contributed by atoms with E-state index in [9.17, 15) is 4.79 Å². The molecular formula is C9H14Cl2O2. The van der Waals surface area contributed by atoms with E-state index < -0.39 is 5.38 Å². The van der Waals surface area contributed by atoms with Gasteiger partial charge in [0.2, 0.25) is 0 Å². The minimum absolute atomic E-state index is 0.0185. The van der Waals surface area contributed by atoms with Crippen LogP contribution >= 0.6 is 23.2 Å². The van der Waals surface area contributed by atoms with Crippen LogP contribution in [-0.4, -0.2) is 23.3 Å². The van der Waals surface area contributed by atoms with Crippen molar-refractivity contribution in [1.29, 1.82) is 0 Å². The predicted octanol–water partition coefficient (Wildman–Crippen LogP) is 2.56. The average Bonchev–Trinajstić information content (AvgIpc) is 2.02. The van der Waals surface area contributed by atoms with Gasteiger partial charge >= 0.3 is 5.97 Å². The summed E-state index contributed by atoms with van der Waals surface area (Å²) in [5, 5.41) is -0.662. The third-order valence-corrected chi connectivity index (χ3v) is 3.63. The maximum atomic E-state index is 11.1. The molecule has 13 heavy (non-hydrogen) atoms. The van der Waals surface area contributed by atoms with Gasteiger partial charge in [0.25, 0.3) is 0 Å². The molecule has 0 radical (unpaired) electrons. The Hall–Kier alpha value is 0.0500. The van der Waals surface area contributed by atoms with Gasteiger partial charge in [-0.15, -0.1) is 23.2 Å². The molecule has 2 atom stereocenters. The topological polar surface area (TPSA) is 26.3 Å². The zero-order chi connectivity index (χ0) is 10.1. The molecular weight excluding hydrogens is 211 g/mol. The number of esters is 1. The number of rotatable bonds is 0. The lowest BCUT2D eigenvalue weighted by Gasteiger charge is -2.32. The third kappa shape index (κ3) is 2.75. The van der Waals surface area contributed by atoms with Gasteiger partial charge < -0.3 is 4.74 Å². The van der Waals surface area contributed by atoms with E-state index in [1.165, 1.54) is 0 Å². The molecule has 0 spiro atoms. The van der Waals surface area contributed by atoms with E-state index in [0.29, 0.717) is 13.0 Å². The highest BCUT2D eigenvalue weighted by molar-refractivity contribution is 6.31. The first-order valence-electron chi connectivity index (χ1n) is 4.38. The van der Waals surface area contributed by atoms with Crippen LogP contribution in [0.5, 0.6) is 0 Å². The standard InChI is InChI=1S/C9H14Cl2O2/c1-9(2)3-4-13-8(12)6(10)5-7(9)11/h6-7H,3-5H2,1-2H3/t6-,7+/m1/s1. The van der Waals surface area contributed by atoms with Crippen LogP contribution in [0.2, 0.25) is 0 Å². The van der Waals surface area contributed by atoms with E-state index in [2.05, 4.69) is 13.8 Å². The van der Waals surface area contributed by atoms with E-state index in [1.807, 2.05) is 0 Å². The number of cyclic esters (lactones) is 1. The van der Waals surface area contributed by atoms with E-state index in [1.54, 1.807) is 0 Å². The van der Waals surface area contributed by atoms with Crippen molar-refractivity contribution < 1.29 is 9.53 Å². The van der Waals surface area contributed by atoms with Crippen LogP contribution in [0.3, 0.4) is 0 Å². The molecule has 1 fully saturated rings. The molecule has 76 valence electrons. The maximum Gasteiger partial charge on any atom is 0.324 e. The number of halogens is 2. The monoisotopic (exact) mass is 224 g/mol. The molecule has 0 aromatic carbocycles. The highest BCUT2D eigenvalue weighted by atomic mass is 35.5. The average molecular weight is 225 g/mol. The summed E-state index contributed by atoms with van der Waals surface area (Å²) in [7, 11) is 0. The third-order valence-electron chi connectivity index (χ3n) is 2.51. The summed E-state index contributed by atoms with van der Waals surface area (Å²) in [6.45, 7) is 4.54. The van der Waals surface area contributed by atoms with Gasteiger partial charge in [0.05, 0.1) is 6.61 Å². The minimum Gasteiger partial charge on any atom is -0.465 e. The maximum absolute atomic E-state index is 11.1. The van der Waals surface area contributed by atoms with E-state index >= 15 is 0 Å². The molecule has 0 amide bonds. The summed E-state index contributed by atoms with van der Waals surface area (Å²) < 4.78 is 4.95. The highest BCUT2D eigenvalue weighted by Crippen LogP contribution is 2.35. The lowest BCUT2D eigenvalue weighted by molar-refractivity contribution is -0.145. The lowest BCUT2D eigenvalue weighted by Crippen LogP contribution is -2.35. The zero-order valence-electron chi connectivity index (χ0n) is 7.85. The van der Waals surface area contributed by atoms with Gasteiger partial charge in [0.15, 0.2) is 0 Å². The second-order valence-electron chi connectivity index (χ2n) is 4.08. The fourth-order valence-electron chi connectivity index (χ4n) is 1.26. The molecule has 4 heteroatoms. The van der Waals surface area contributed by atoms with Crippen molar-refractivity contribution in [2.24, 2.45) is 5.41 Å². The molecule has 0 N–H and O–H groups in total. The van der Waals surface area contributed by atoms with Gasteiger partial charge in [-0.3, -0.25) is 4.79 Å². The smallest absolute Gasteiger partial charge is 0.324 e. The van der Waals surface area contributed by atoms with Crippen LogP contribution < -0.4 is 0 Å². The van der Waals surface area contributed by atoms with Crippen molar-refractivity contribution in [3.05, 3.63) is 0 Å². The first kappa shape index (κ1) is 11.1. The molecule has 1 saturated heterocycles. The molecule has 2 nitrogen and oxygen atoms in total. The fourth-order valence-corrected chi connectivity index (χ4v) is 1.88. The quantitative estimate of drug-likeness (QED) is 0.467. The van der Waals surface area contributed by atoms with Gasteiger partial charge in [0.1, 0.15) is 5.38 Å². The summed E-state index contributed by atoms with van der Waals surface area (Å²) in [6.07, 6.45) is 1.27. The van der Waals surface area contributed by atoms with Crippen LogP contribution in [0.1, 0.15) is 26.7 Å². The molecule has 0 saturated carbocycles. The van der Waals surface area contributed by atoms with E-state index in [0.717, 1.165) is 6.42 Å². The SMILES string of the molecule is CC1(C)CCOC(=O)[C@H](Cl)C[C@@H]1Cl. The Bertz CT molecular complexity index is 204. The molecule has 1 aliphatic rings. The Kier molecular flexibility index (Phi) is 3.47. The number of hydrogen-bond donors (Lipinski definition) is 0. The number of carbonyl (C=O) groups is 1. The number of hydrogen-bond acceptors (Lipinski definition) is 2. The summed E-state index contributed by atoms with van der Waals surface area (Å²) in [4.78, 5) is 11.1. The van der Waals surface area contributed by atoms with Gasteiger partial charge in [-0.2, -0.15) is 0 Å². The van der Waals surface area contributed by atoms with Gasteiger partial charge in [-0.1, -0.05) is 13.8 Å². The second kappa shape index (κ2) is 4.05. The molecule has 1 rings (SSSR count). The van der Waals surface area contributed by atoms with Gasteiger partial charge in [-0.25, -0.2) is 0 Å². The van der Waals surface area contributed by atoms with Crippen LogP contribution in [0.25, 0.3) is 0 Å². The Morgan fingerprint density at radius 3 is 2.69 bits per heavy atom. The van der Waals surface area contributed by atoms with Crippen LogP contribution in [0, 0.1) is 5.41 Å². The number of alkyl halides is 2. The number of ether oxygens (including phenoxy) is 1. The van der Waals surface area contributed by atoms with Crippen molar-refractivity contribution in [3.63, 3.8) is 0 Å². The second-order valence-corrected chi connectivity index (χ2v) is 5.13. The van der Waals surface area contributed by atoms with Crippen molar-refractivity contribution in [1.82, 2.24) is 0 Å². The summed E-state index contributed by atoms with van der Waals surface area (Å²) in [6, 6.07) is 0. The molecule has 1 aliphatic heterocycles. The molecule has 0 aromatic rings. The molecule has 0 aromatic heterocycles. The van der Waals surface area contributed by atoms with Crippen LogP contribution in [0.15, 0.2) is 0 Å². The molecule has 0 unspecified atom stereocenters. The summed E-state index contributed by atoms with van der Waals surface area (Å²) in [5.41, 5.74) is -0.0185. The van der Waals surface area contributed by atoms with Gasteiger partial charge in [-0.05, 0) is 18.3 Å². The Balaban J connectivity index is 2.67. The molecule has 0 aliphatic carbocycles. The van der Waals surface area contributed by atoms with Crippen LogP contribution in [-0.2, 0) is 9.53 Å². The Morgan fingerprint density at radius 2 is 2.08 bits per heavy atom. The first-order chi connectivity index (χ1) is 5.93. The highest BCUT2D eigenvalue weighted by Gasteiger charge is 2.34. The lowest BCUT2D eigenvalue weighted by atomic mass is 9.83. The summed E-state index contributed by atoms with van der Waals surface area (Å²) in [5.74, 6) is -0.345. The Labute approximate surface area is 88.5 Å². The predicted molar refractivity (Wildman–Crippen MR) is 53.3 cm³/mol. The van der Waals surface area contributed by atoms with E-state index in [-0.39, 0.29) is 16.8 Å². The Morgan fingerprint density at radius 1 is 1.46 bits per heavy atom. The molecule has 0 bridgehead atoms. The largest absolute Gasteiger partial charge is 0.465 e. The molecule has 1 heterocycles. The van der Waals surface area contributed by atoms with E-state index in [4.69, 9.17) is 27.9 Å². The van der Waals surface area contributed by atoms with Gasteiger partial charge in [0, 0.05) is 5.38 Å². The normalized spacial score (nSPS) is 34.6. The first-order valence-corrected chi connectivity index (χ1v) is 5.25. The van der Waals surface area contributed by atoms with Crippen molar-refractivity contribution in [3.8, 4) is 0 Å². The van der Waals surface area contributed by atoms with Crippen LogP contribution in [0.4, 0.5) is 0 Å². The summed E-state index contributed by atoms with van der Waals surface area (Å²) >= 11 is 12.0. The minimum atomic E-state index is -0.595. The zero-order valence-corrected chi connectivity index (χ0v) is 9.36. The van der Waals surface area contributed by atoms with Crippen molar-refractivity contribution in [2.75, 3.05) is 6.61 Å². The van der Waals surface area contributed by atoms with Crippen molar-refractivity contribution >= 4 is 29.2 Å². The fraction of sp³-hybridized carbons (Fsp3) is 0.889.